The number of hydrogen-bond donors (Lipinski definition) is 1. The predicted molar refractivity (Wildman–Crippen MR) is 142 cm³/mol. The molecule has 3 aliphatic rings. The molecule has 0 unspecified atom stereocenters. The van der Waals surface area contributed by atoms with Crippen LogP contribution in [0.4, 0.5) is 5.82 Å². The summed E-state index contributed by atoms with van der Waals surface area (Å²) in [5, 5.41) is 24.4. The van der Waals surface area contributed by atoms with E-state index in [0.717, 1.165) is 49.2 Å². The van der Waals surface area contributed by atoms with Crippen molar-refractivity contribution in [2.45, 2.75) is 70.1 Å². The van der Waals surface area contributed by atoms with Crippen LogP contribution in [0.2, 0.25) is 0 Å². The number of fused-ring (bicyclic) bond motifs is 1. The van der Waals surface area contributed by atoms with Crippen molar-refractivity contribution in [2.24, 2.45) is 5.92 Å². The van der Waals surface area contributed by atoms with Crippen LogP contribution in [0.1, 0.15) is 72.6 Å². The van der Waals surface area contributed by atoms with Crippen LogP contribution in [-0.2, 0) is 0 Å². The highest BCUT2D eigenvalue weighted by Crippen LogP contribution is 2.35. The molecule has 0 spiro atoms. The molecule has 1 aliphatic carbocycles. The summed E-state index contributed by atoms with van der Waals surface area (Å²) in [5.41, 5.74) is 3.06. The molecule has 9 heteroatoms. The number of aryl methyl sites for hydroxylation is 1. The van der Waals surface area contributed by atoms with Gasteiger partial charge < -0.3 is 19.6 Å². The van der Waals surface area contributed by atoms with Gasteiger partial charge in [0.25, 0.3) is 5.91 Å². The minimum Gasteiger partial charge on any atom is -0.490 e. The van der Waals surface area contributed by atoms with Gasteiger partial charge in [-0.2, -0.15) is 10.4 Å². The van der Waals surface area contributed by atoms with Crippen LogP contribution >= 0.6 is 0 Å². The number of rotatable bonds is 5. The second-order valence-corrected chi connectivity index (χ2v) is 10.9. The number of aromatic nitrogens is 3. The molecule has 2 aromatic heterocycles. The maximum absolute atomic E-state index is 13.9. The van der Waals surface area contributed by atoms with Crippen LogP contribution in [0.25, 0.3) is 5.65 Å². The number of hydrogen-bond acceptors (Lipinski definition) is 7. The van der Waals surface area contributed by atoms with Crippen LogP contribution < -0.4 is 9.64 Å². The van der Waals surface area contributed by atoms with Crippen LogP contribution in [0.5, 0.6) is 5.75 Å². The number of carbonyl (C=O) groups is 1. The minimum absolute atomic E-state index is 0.0150. The normalized spacial score (nSPS) is 24.2. The maximum Gasteiger partial charge on any atom is 0.258 e. The van der Waals surface area contributed by atoms with Gasteiger partial charge in [0.15, 0.2) is 5.65 Å². The quantitative estimate of drug-likeness (QED) is 0.547. The van der Waals surface area contributed by atoms with E-state index in [9.17, 15) is 15.2 Å². The number of ether oxygens (including phenoxy) is 1. The number of aliphatic hydroxyl groups is 1. The lowest BCUT2D eigenvalue weighted by atomic mass is 9.98. The number of carbonyl (C=O) groups excluding carboxylic acids is 1. The van der Waals surface area contributed by atoms with Crippen LogP contribution in [0.15, 0.2) is 36.5 Å². The molecule has 3 aromatic rings. The summed E-state index contributed by atoms with van der Waals surface area (Å²) in [6.45, 7) is 3.48. The molecule has 2 aliphatic heterocycles. The Morgan fingerprint density at radius 1 is 1.13 bits per heavy atom. The van der Waals surface area contributed by atoms with Crippen LogP contribution in [0, 0.1) is 24.2 Å². The van der Waals surface area contributed by atoms with Gasteiger partial charge in [-0.15, -0.1) is 0 Å². The summed E-state index contributed by atoms with van der Waals surface area (Å²) >= 11 is 0. The average molecular weight is 515 g/mol. The first-order valence-corrected chi connectivity index (χ1v) is 13.8. The third-order valence-electron chi connectivity index (χ3n) is 8.20. The van der Waals surface area contributed by atoms with E-state index in [2.05, 4.69) is 6.07 Å². The molecule has 0 radical (unpaired) electrons. The molecular formula is C29H34N6O3. The zero-order valence-corrected chi connectivity index (χ0v) is 21.8. The van der Waals surface area contributed by atoms with E-state index in [4.69, 9.17) is 14.8 Å². The van der Waals surface area contributed by atoms with Gasteiger partial charge in [0, 0.05) is 37.5 Å². The third kappa shape index (κ3) is 4.58. The number of benzene rings is 1. The molecule has 9 nitrogen and oxygen atoms in total. The molecule has 198 valence electrons. The van der Waals surface area contributed by atoms with Gasteiger partial charge in [0.05, 0.1) is 41.5 Å². The Kier molecular flexibility index (Phi) is 6.66. The Balaban J connectivity index is 1.28. The first-order chi connectivity index (χ1) is 18.5. The minimum atomic E-state index is -0.680. The fraction of sp³-hybridized carbons (Fsp3) is 0.517. The largest absolute Gasteiger partial charge is 0.490 e. The Morgan fingerprint density at radius 2 is 1.92 bits per heavy atom. The van der Waals surface area contributed by atoms with Gasteiger partial charge in [-0.05, 0) is 64.0 Å². The lowest BCUT2D eigenvalue weighted by Crippen LogP contribution is -2.39. The summed E-state index contributed by atoms with van der Waals surface area (Å²) in [7, 11) is 0. The van der Waals surface area contributed by atoms with E-state index in [0.29, 0.717) is 36.6 Å². The summed E-state index contributed by atoms with van der Waals surface area (Å²) < 4.78 is 8.06. The van der Waals surface area contributed by atoms with Gasteiger partial charge >= 0.3 is 0 Å². The Hall–Kier alpha value is -3.64. The van der Waals surface area contributed by atoms with E-state index >= 15 is 0 Å². The lowest BCUT2D eigenvalue weighted by molar-refractivity contribution is 0.0598. The number of para-hydroxylation sites is 1. The van der Waals surface area contributed by atoms with E-state index in [1.165, 1.54) is 12.8 Å². The van der Waals surface area contributed by atoms with Crippen molar-refractivity contribution in [3.05, 3.63) is 53.3 Å². The zero-order chi connectivity index (χ0) is 26.2. The third-order valence-corrected chi connectivity index (χ3v) is 8.20. The number of β-amino-alcohol motifs (C(OH)–C–C–N with tert-alkyl or cyclic N) is 1. The molecule has 1 N–H and O–H groups in total. The summed E-state index contributed by atoms with van der Waals surface area (Å²) in [5.74, 6) is 0.999. The highest BCUT2D eigenvalue weighted by atomic mass is 16.5. The number of piperidine rings is 1. The standard InChI is InChI=1S/C29H34N6O3/c1-19-16-35-27(31-28(19)33-17-20(15-30)25(36)18-33)14-23(32-35)24-11-6-7-13-34(24)29(37)22-10-4-5-12-26(22)38-21-8-2-3-9-21/h4-5,10,12,14,16,20-21,24-25,36H,2-3,6-9,11,13,17-18H2,1H3/t20-,24+,25+/m1/s1. The highest BCUT2D eigenvalue weighted by molar-refractivity contribution is 5.97. The number of nitrogens with zero attached hydrogens (tertiary/aromatic N) is 6. The smallest absolute Gasteiger partial charge is 0.258 e. The second kappa shape index (κ2) is 10.3. The Morgan fingerprint density at radius 3 is 2.71 bits per heavy atom. The van der Waals surface area contributed by atoms with E-state index < -0.39 is 12.0 Å². The zero-order valence-electron chi connectivity index (χ0n) is 21.8. The Labute approximate surface area is 222 Å². The molecule has 1 aromatic carbocycles. The van der Waals surface area contributed by atoms with Crippen molar-refractivity contribution < 1.29 is 14.6 Å². The molecule has 3 fully saturated rings. The summed E-state index contributed by atoms with van der Waals surface area (Å²) in [4.78, 5) is 22.7. The van der Waals surface area contributed by atoms with Crippen molar-refractivity contribution in [1.82, 2.24) is 19.5 Å². The highest BCUT2D eigenvalue weighted by Gasteiger charge is 2.34. The molecule has 3 atom stereocenters. The monoisotopic (exact) mass is 514 g/mol. The van der Waals surface area contributed by atoms with Gasteiger partial charge in [0.2, 0.25) is 0 Å². The molecule has 38 heavy (non-hydrogen) atoms. The predicted octanol–water partition coefficient (Wildman–Crippen LogP) is 4.05. The maximum atomic E-state index is 13.9. The van der Waals surface area contributed by atoms with Crippen molar-refractivity contribution in [1.29, 1.82) is 5.26 Å². The van der Waals surface area contributed by atoms with Crippen molar-refractivity contribution in [2.75, 3.05) is 24.5 Å². The molecule has 1 amide bonds. The van der Waals surface area contributed by atoms with Crippen LogP contribution in [0.3, 0.4) is 0 Å². The number of amides is 1. The van der Waals surface area contributed by atoms with E-state index in [1.807, 2.05) is 53.3 Å². The van der Waals surface area contributed by atoms with Gasteiger partial charge in [-0.25, -0.2) is 9.50 Å². The number of nitriles is 1. The number of anilines is 1. The Bertz CT molecular complexity index is 1370. The molecule has 2 saturated heterocycles. The second-order valence-electron chi connectivity index (χ2n) is 10.9. The fourth-order valence-electron chi connectivity index (χ4n) is 6.16. The molecule has 1 saturated carbocycles. The first kappa shape index (κ1) is 24.7. The SMILES string of the molecule is Cc1cn2nc([C@@H]3CCCCN3C(=O)c3ccccc3OC3CCCC3)cc2nc1N1C[C@@H](C#N)[C@@H](O)C1. The van der Waals surface area contributed by atoms with E-state index in [-0.39, 0.29) is 18.1 Å². The molecule has 6 rings (SSSR count). The number of aliphatic hydroxyl groups excluding tert-OH is 1. The van der Waals surface area contributed by atoms with Crippen molar-refractivity contribution in [3.63, 3.8) is 0 Å². The van der Waals surface area contributed by atoms with Gasteiger partial charge in [-0.3, -0.25) is 4.79 Å². The van der Waals surface area contributed by atoms with Crippen molar-refractivity contribution in [3.8, 4) is 11.8 Å². The number of likely N-dealkylation sites (tertiary alicyclic amines) is 1. The van der Waals surface area contributed by atoms with Crippen LogP contribution in [-0.4, -0.2) is 62.4 Å². The summed E-state index contributed by atoms with van der Waals surface area (Å²) in [6, 6.07) is 11.6. The van der Waals surface area contributed by atoms with Gasteiger partial charge in [0.1, 0.15) is 11.6 Å². The topological polar surface area (TPSA) is 107 Å². The fourth-order valence-corrected chi connectivity index (χ4v) is 6.16. The summed E-state index contributed by atoms with van der Waals surface area (Å²) in [6.07, 6.45) is 8.70. The van der Waals surface area contributed by atoms with E-state index in [1.54, 1.807) is 4.52 Å². The average Bonchev–Trinajstić information content (AvgIpc) is 3.68. The lowest BCUT2D eigenvalue weighted by Gasteiger charge is -2.35. The molecular weight excluding hydrogens is 480 g/mol. The molecule has 4 heterocycles. The van der Waals surface area contributed by atoms with Crippen molar-refractivity contribution >= 4 is 17.4 Å². The first-order valence-electron chi connectivity index (χ1n) is 13.8. The van der Waals surface area contributed by atoms with Gasteiger partial charge in [-0.1, -0.05) is 12.1 Å². The molecule has 0 bridgehead atoms.